The largest absolute Gasteiger partial charge is 0.469 e. The summed E-state index contributed by atoms with van der Waals surface area (Å²) in [6, 6.07) is 0. The van der Waals surface area contributed by atoms with Gasteiger partial charge in [-0.3, -0.25) is 9.59 Å². The number of hydrogen-bond donors (Lipinski definition) is 0. The SMILES string of the molecule is COC(=O)[C@@H]1CC2=C3/C=C\[C@H]4C(=O)N(C[C@H]3CCC3=C2[C@@H]1CC3)C[C@H]4C. The second kappa shape index (κ2) is 5.83. The van der Waals surface area contributed by atoms with Crippen molar-refractivity contribution < 1.29 is 14.3 Å². The first kappa shape index (κ1) is 16.3. The number of allylic oxidation sites excluding steroid dienone is 4. The minimum absolute atomic E-state index is 0.00910. The lowest BCUT2D eigenvalue weighted by Crippen LogP contribution is -2.34. The summed E-state index contributed by atoms with van der Waals surface area (Å²) in [6.45, 7) is 3.91. The van der Waals surface area contributed by atoms with Crippen LogP contribution in [0.3, 0.4) is 0 Å². The molecule has 1 saturated heterocycles. The highest BCUT2D eigenvalue weighted by Gasteiger charge is 2.47. The van der Waals surface area contributed by atoms with Crippen LogP contribution >= 0.6 is 0 Å². The molecule has 0 radical (unpaired) electrons. The summed E-state index contributed by atoms with van der Waals surface area (Å²) in [5, 5.41) is 0. The summed E-state index contributed by atoms with van der Waals surface area (Å²) >= 11 is 0. The molecule has 5 aliphatic rings. The summed E-state index contributed by atoms with van der Waals surface area (Å²) in [4.78, 5) is 27.1. The third-order valence-electron chi connectivity index (χ3n) is 7.47. The first-order valence-corrected chi connectivity index (χ1v) is 10.1. The molecule has 0 aromatic carbocycles. The molecule has 0 aromatic heterocycles. The average molecular weight is 353 g/mol. The van der Waals surface area contributed by atoms with Crippen LogP contribution in [-0.4, -0.2) is 37.0 Å². The van der Waals surface area contributed by atoms with E-state index in [1.165, 1.54) is 23.8 Å². The number of nitrogens with zero attached hydrogens (tertiary/aromatic N) is 1. The predicted octanol–water partition coefficient (Wildman–Crippen LogP) is 3.26. The number of carbonyl (C=O) groups excluding carboxylic acids is 2. The van der Waals surface area contributed by atoms with Crippen LogP contribution in [0.15, 0.2) is 34.4 Å². The van der Waals surface area contributed by atoms with E-state index in [4.69, 9.17) is 4.74 Å². The highest BCUT2D eigenvalue weighted by Crippen LogP contribution is 2.55. The maximum atomic E-state index is 12.7. The molecule has 0 unspecified atom stereocenters. The number of esters is 1. The zero-order valence-corrected chi connectivity index (χ0v) is 15.7. The Balaban J connectivity index is 1.61. The zero-order valence-electron chi connectivity index (χ0n) is 15.7. The van der Waals surface area contributed by atoms with Gasteiger partial charge >= 0.3 is 5.97 Å². The van der Waals surface area contributed by atoms with Crippen molar-refractivity contribution in [2.24, 2.45) is 29.6 Å². The second-order valence-electron chi connectivity index (χ2n) is 8.77. The number of ether oxygens (including phenoxy) is 1. The van der Waals surface area contributed by atoms with Gasteiger partial charge in [0.1, 0.15) is 0 Å². The van der Waals surface area contributed by atoms with Gasteiger partial charge in [-0.15, -0.1) is 0 Å². The van der Waals surface area contributed by atoms with E-state index < -0.39 is 0 Å². The molecule has 0 aromatic rings. The highest BCUT2D eigenvalue weighted by molar-refractivity contribution is 5.83. The molecule has 2 heterocycles. The Kier molecular flexibility index (Phi) is 3.67. The van der Waals surface area contributed by atoms with Crippen molar-refractivity contribution in [1.82, 2.24) is 4.90 Å². The van der Waals surface area contributed by atoms with Crippen LogP contribution in [0.25, 0.3) is 0 Å². The molecule has 0 N–H and O–H groups in total. The van der Waals surface area contributed by atoms with E-state index in [0.717, 1.165) is 45.2 Å². The summed E-state index contributed by atoms with van der Waals surface area (Å²) in [5.74, 6) is 1.42. The Morgan fingerprint density at radius 3 is 2.85 bits per heavy atom. The molecule has 2 aliphatic heterocycles. The summed E-state index contributed by atoms with van der Waals surface area (Å²) in [5.41, 5.74) is 5.89. The van der Waals surface area contributed by atoms with Crippen LogP contribution in [0.2, 0.25) is 0 Å². The van der Waals surface area contributed by atoms with Gasteiger partial charge in [0, 0.05) is 19.0 Å². The van der Waals surface area contributed by atoms with Crippen molar-refractivity contribution in [1.29, 1.82) is 0 Å². The molecule has 2 fully saturated rings. The molecule has 138 valence electrons. The smallest absolute Gasteiger partial charge is 0.309 e. The highest BCUT2D eigenvalue weighted by atomic mass is 16.5. The number of hydrogen-bond acceptors (Lipinski definition) is 3. The molecular formula is C22H27NO3. The Labute approximate surface area is 155 Å². The van der Waals surface area contributed by atoms with Crippen LogP contribution < -0.4 is 0 Å². The molecule has 26 heavy (non-hydrogen) atoms. The van der Waals surface area contributed by atoms with E-state index in [0.29, 0.717) is 23.7 Å². The van der Waals surface area contributed by atoms with Crippen molar-refractivity contribution in [2.45, 2.75) is 39.0 Å². The topological polar surface area (TPSA) is 46.6 Å². The molecule has 5 atom stereocenters. The third kappa shape index (κ3) is 2.20. The number of methoxy groups -OCH3 is 1. The van der Waals surface area contributed by atoms with Gasteiger partial charge in [0.05, 0.1) is 18.9 Å². The number of fused-ring (bicyclic) bond motifs is 3. The lowest BCUT2D eigenvalue weighted by Gasteiger charge is -2.27. The molecule has 2 bridgehead atoms. The van der Waals surface area contributed by atoms with E-state index in [9.17, 15) is 9.59 Å². The van der Waals surface area contributed by atoms with Gasteiger partial charge < -0.3 is 9.64 Å². The van der Waals surface area contributed by atoms with E-state index in [1.54, 1.807) is 5.57 Å². The molecule has 5 rings (SSSR count). The Morgan fingerprint density at radius 2 is 2.04 bits per heavy atom. The monoisotopic (exact) mass is 353 g/mol. The Bertz CT molecular complexity index is 774. The molecule has 4 nitrogen and oxygen atoms in total. The fraction of sp³-hybridized carbons (Fsp3) is 0.636. The third-order valence-corrected chi connectivity index (χ3v) is 7.47. The Hall–Kier alpha value is -1.84. The fourth-order valence-electron chi connectivity index (χ4n) is 6.21. The van der Waals surface area contributed by atoms with Gasteiger partial charge in [-0.25, -0.2) is 0 Å². The van der Waals surface area contributed by atoms with Crippen LogP contribution in [0.1, 0.15) is 39.0 Å². The summed E-state index contributed by atoms with van der Waals surface area (Å²) in [6.07, 6.45) is 9.70. The minimum Gasteiger partial charge on any atom is -0.469 e. The zero-order chi connectivity index (χ0) is 18.0. The maximum Gasteiger partial charge on any atom is 0.309 e. The molecule has 1 amide bonds. The first-order valence-electron chi connectivity index (χ1n) is 10.1. The number of carbonyl (C=O) groups is 2. The van der Waals surface area contributed by atoms with Gasteiger partial charge in [0.2, 0.25) is 5.91 Å². The summed E-state index contributed by atoms with van der Waals surface area (Å²) < 4.78 is 5.12. The van der Waals surface area contributed by atoms with Crippen molar-refractivity contribution in [3.63, 3.8) is 0 Å². The van der Waals surface area contributed by atoms with Crippen LogP contribution in [0, 0.1) is 29.6 Å². The maximum absolute atomic E-state index is 12.7. The molecular weight excluding hydrogens is 326 g/mol. The molecule has 3 aliphatic carbocycles. The standard InChI is InChI=1S/C22H27NO3/c1-12-10-23-11-14-4-3-13-5-6-17-19(22(25)26-2)9-18(20(13)17)16(14)8-7-15(12)21(23)24/h7-8,12,14-15,17,19H,3-6,9-11H2,1-2H3/b8-7-/t12-,14-,15-,17-,19-/m1/s1. The molecule has 1 saturated carbocycles. The summed E-state index contributed by atoms with van der Waals surface area (Å²) in [7, 11) is 1.51. The lowest BCUT2D eigenvalue weighted by atomic mass is 9.87. The van der Waals surface area contributed by atoms with E-state index in [2.05, 4.69) is 24.0 Å². The average Bonchev–Trinajstić information content (AvgIpc) is 3.25. The van der Waals surface area contributed by atoms with Gasteiger partial charge in [-0.2, -0.15) is 0 Å². The first-order chi connectivity index (χ1) is 12.6. The van der Waals surface area contributed by atoms with Gasteiger partial charge in [-0.1, -0.05) is 24.6 Å². The van der Waals surface area contributed by atoms with E-state index in [-0.39, 0.29) is 17.8 Å². The molecule has 4 heteroatoms. The van der Waals surface area contributed by atoms with E-state index in [1.807, 2.05) is 0 Å². The Morgan fingerprint density at radius 1 is 1.23 bits per heavy atom. The number of rotatable bonds is 1. The van der Waals surface area contributed by atoms with Crippen LogP contribution in [-0.2, 0) is 14.3 Å². The van der Waals surface area contributed by atoms with Gasteiger partial charge in [0.15, 0.2) is 0 Å². The fourth-order valence-corrected chi connectivity index (χ4v) is 6.21. The predicted molar refractivity (Wildman–Crippen MR) is 98.0 cm³/mol. The van der Waals surface area contributed by atoms with Crippen molar-refractivity contribution in [3.05, 3.63) is 34.4 Å². The number of amides is 1. The van der Waals surface area contributed by atoms with Crippen molar-refractivity contribution in [3.8, 4) is 0 Å². The van der Waals surface area contributed by atoms with E-state index >= 15 is 0 Å². The normalized spacial score (nSPS) is 39.4. The lowest BCUT2D eigenvalue weighted by molar-refractivity contribution is -0.146. The quantitative estimate of drug-likeness (QED) is 0.680. The van der Waals surface area contributed by atoms with Gasteiger partial charge in [-0.05, 0) is 60.7 Å². The molecule has 0 spiro atoms. The van der Waals surface area contributed by atoms with Crippen LogP contribution in [0.4, 0.5) is 0 Å². The van der Waals surface area contributed by atoms with Gasteiger partial charge in [0.25, 0.3) is 0 Å². The van der Waals surface area contributed by atoms with Crippen molar-refractivity contribution >= 4 is 11.9 Å². The second-order valence-corrected chi connectivity index (χ2v) is 8.77. The van der Waals surface area contributed by atoms with Crippen molar-refractivity contribution in [2.75, 3.05) is 20.2 Å². The van der Waals surface area contributed by atoms with Crippen LogP contribution in [0.5, 0.6) is 0 Å². The minimum atomic E-state index is -0.0519.